The van der Waals surface area contributed by atoms with Crippen molar-refractivity contribution >= 4 is 35.0 Å². The third-order valence-corrected chi connectivity index (χ3v) is 8.07. The summed E-state index contributed by atoms with van der Waals surface area (Å²) < 4.78 is 0. The van der Waals surface area contributed by atoms with Gasteiger partial charge >= 0.3 is 0 Å². The minimum absolute atomic E-state index is 0.0828. The number of hydrogen-bond acceptors (Lipinski definition) is 4. The van der Waals surface area contributed by atoms with Crippen molar-refractivity contribution in [1.82, 2.24) is 14.9 Å². The zero-order chi connectivity index (χ0) is 25.8. The van der Waals surface area contributed by atoms with Crippen LogP contribution in [0.1, 0.15) is 54.4 Å². The van der Waals surface area contributed by atoms with Gasteiger partial charge in [0, 0.05) is 47.2 Å². The molecule has 2 aromatic rings. The first kappa shape index (κ1) is 26.9. The Hall–Kier alpha value is -2.12. The molecule has 1 aliphatic heterocycles. The summed E-state index contributed by atoms with van der Waals surface area (Å²) in [7, 11) is 3.71. The molecule has 36 heavy (non-hydrogen) atoms. The Morgan fingerprint density at radius 3 is 2.22 bits per heavy atom. The van der Waals surface area contributed by atoms with Gasteiger partial charge in [-0.1, -0.05) is 54.6 Å². The highest BCUT2D eigenvalue weighted by atomic mass is 35.5. The number of rotatable bonds is 8. The second-order valence-electron chi connectivity index (χ2n) is 10.2. The number of benzene rings is 2. The topological polar surface area (TPSA) is 66.9 Å². The van der Waals surface area contributed by atoms with Crippen LogP contribution in [0.25, 0.3) is 11.1 Å². The number of hydrogen-bond donors (Lipinski definition) is 0. The average Bonchev–Trinajstić information content (AvgIpc) is 3.24. The number of nitrogens with zero attached hydrogens (tertiary/aromatic N) is 3. The van der Waals surface area contributed by atoms with E-state index in [0.717, 1.165) is 42.5 Å². The molecule has 1 heterocycles. The molecule has 0 radical (unpaired) electrons. The normalized spacial score (nSPS) is 18.8. The van der Waals surface area contributed by atoms with Gasteiger partial charge in [0.15, 0.2) is 0 Å². The lowest BCUT2D eigenvalue weighted by Gasteiger charge is -2.31. The Balaban J connectivity index is 1.43. The lowest BCUT2D eigenvalue weighted by molar-refractivity contribution is -0.133. The second kappa shape index (κ2) is 12.0. The van der Waals surface area contributed by atoms with Gasteiger partial charge in [0.25, 0.3) is 0 Å². The monoisotopic (exact) mass is 530 g/mol. The van der Waals surface area contributed by atoms with E-state index in [0.29, 0.717) is 39.7 Å². The third kappa shape index (κ3) is 6.23. The Morgan fingerprint density at radius 1 is 0.972 bits per heavy atom. The number of likely N-dealkylation sites (tertiary alicyclic amines) is 1. The van der Waals surface area contributed by atoms with Gasteiger partial charge in [-0.2, -0.15) is 0 Å². The van der Waals surface area contributed by atoms with E-state index in [1.165, 1.54) is 19.3 Å². The van der Waals surface area contributed by atoms with Crippen LogP contribution in [0.4, 0.5) is 0 Å². The molecule has 0 bridgehead atoms. The van der Waals surface area contributed by atoms with Gasteiger partial charge in [-0.25, -0.2) is 0 Å². The summed E-state index contributed by atoms with van der Waals surface area (Å²) in [5.41, 5.74) is 2.80. The number of hydroxylamine groups is 2. The number of likely N-dealkylation sites (N-methyl/N-ethyl adjacent to an activating group) is 1. The summed E-state index contributed by atoms with van der Waals surface area (Å²) in [5, 5.41) is 13.6. The minimum atomic E-state index is -0.557. The molecule has 2 aliphatic rings. The maximum Gasteiger partial charge on any atom is 0.243 e. The van der Waals surface area contributed by atoms with E-state index in [-0.39, 0.29) is 18.4 Å². The Labute approximate surface area is 223 Å². The van der Waals surface area contributed by atoms with Crippen LogP contribution in [0, 0.1) is 11.1 Å². The maximum atomic E-state index is 13.1. The molecule has 2 aromatic carbocycles. The first-order chi connectivity index (χ1) is 17.2. The first-order valence-corrected chi connectivity index (χ1v) is 13.5. The first-order valence-electron chi connectivity index (χ1n) is 12.8. The highest BCUT2D eigenvalue weighted by Crippen LogP contribution is 2.36. The molecule has 0 aromatic heterocycles. The minimum Gasteiger partial charge on any atom is -0.756 e. The molecule has 0 spiro atoms. The van der Waals surface area contributed by atoms with Gasteiger partial charge < -0.3 is 20.1 Å². The smallest absolute Gasteiger partial charge is 0.243 e. The summed E-state index contributed by atoms with van der Waals surface area (Å²) in [5.74, 6) is -0.407. The molecule has 194 valence electrons. The molecule has 1 aliphatic carbocycles. The number of amides is 2. The van der Waals surface area contributed by atoms with E-state index in [2.05, 4.69) is 4.90 Å². The molecule has 2 fully saturated rings. The standard InChI is InChI=1S/C28H34Cl2N3O3/c1-31(2)14-15-33(36)28(35)20-10-8-19(9-11-20)22-17-25(29)24(26(30)18-22)16-21-12-13-32(27(21)34)23-6-4-3-5-7-23/h8-11,17-18,21,23H,3-7,12-16H2,1-2H3/q-1. The zero-order valence-corrected chi connectivity index (χ0v) is 22.5. The van der Waals surface area contributed by atoms with Gasteiger partial charge in [-0.3, -0.25) is 9.59 Å². The predicted octanol–water partition coefficient (Wildman–Crippen LogP) is 5.89. The summed E-state index contributed by atoms with van der Waals surface area (Å²) in [6.07, 6.45) is 7.29. The molecular formula is C28H34Cl2N3O3-. The van der Waals surface area contributed by atoms with E-state index in [4.69, 9.17) is 23.2 Å². The van der Waals surface area contributed by atoms with Crippen LogP contribution >= 0.6 is 23.2 Å². The van der Waals surface area contributed by atoms with Gasteiger partial charge in [-0.15, -0.1) is 0 Å². The van der Waals surface area contributed by atoms with Crippen LogP contribution in [0.5, 0.6) is 0 Å². The molecular weight excluding hydrogens is 497 g/mol. The van der Waals surface area contributed by atoms with Crippen LogP contribution in [-0.2, 0) is 11.2 Å². The van der Waals surface area contributed by atoms with E-state index in [1.54, 1.807) is 24.3 Å². The number of halogens is 2. The fraction of sp³-hybridized carbons (Fsp3) is 0.500. The van der Waals surface area contributed by atoms with E-state index in [9.17, 15) is 14.8 Å². The van der Waals surface area contributed by atoms with Crippen molar-refractivity contribution in [1.29, 1.82) is 0 Å². The van der Waals surface area contributed by atoms with Crippen molar-refractivity contribution in [3.63, 3.8) is 0 Å². The van der Waals surface area contributed by atoms with E-state index in [1.807, 2.05) is 31.1 Å². The third-order valence-electron chi connectivity index (χ3n) is 7.40. The van der Waals surface area contributed by atoms with Crippen molar-refractivity contribution in [3.05, 3.63) is 62.8 Å². The fourth-order valence-electron chi connectivity index (χ4n) is 5.26. The van der Waals surface area contributed by atoms with Crippen molar-refractivity contribution < 1.29 is 9.59 Å². The number of carbonyl (C=O) groups excluding carboxylic acids is 2. The SMILES string of the molecule is CN(C)CCN([O-])C(=O)c1ccc(-c2cc(Cl)c(CC3CCN(C4CCCCC4)C3=O)c(Cl)c2)cc1. The van der Waals surface area contributed by atoms with Crippen molar-refractivity contribution in [2.75, 3.05) is 33.7 Å². The summed E-state index contributed by atoms with van der Waals surface area (Å²) in [6, 6.07) is 11.0. The maximum absolute atomic E-state index is 13.1. The molecule has 1 saturated heterocycles. The van der Waals surface area contributed by atoms with Crippen molar-refractivity contribution in [2.45, 2.75) is 51.0 Å². The van der Waals surface area contributed by atoms with Crippen LogP contribution in [0.15, 0.2) is 36.4 Å². The molecule has 4 rings (SSSR count). The fourth-order valence-corrected chi connectivity index (χ4v) is 5.90. The molecule has 6 nitrogen and oxygen atoms in total. The van der Waals surface area contributed by atoms with E-state index >= 15 is 0 Å². The van der Waals surface area contributed by atoms with E-state index < -0.39 is 5.91 Å². The zero-order valence-electron chi connectivity index (χ0n) is 21.0. The molecule has 8 heteroatoms. The quantitative estimate of drug-likeness (QED) is 0.399. The number of carbonyl (C=O) groups is 2. The van der Waals surface area contributed by atoms with Crippen LogP contribution in [0.3, 0.4) is 0 Å². The largest absolute Gasteiger partial charge is 0.756 e. The average molecular weight is 532 g/mol. The van der Waals surface area contributed by atoms with Crippen LogP contribution in [0.2, 0.25) is 10.0 Å². The van der Waals surface area contributed by atoms with Gasteiger partial charge in [0.2, 0.25) is 11.8 Å². The summed E-state index contributed by atoms with van der Waals surface area (Å²) in [6.45, 7) is 1.44. The highest BCUT2D eigenvalue weighted by Gasteiger charge is 2.36. The molecule has 1 unspecified atom stereocenters. The lowest BCUT2D eigenvalue weighted by atomic mass is 9.93. The highest BCUT2D eigenvalue weighted by molar-refractivity contribution is 6.36. The van der Waals surface area contributed by atoms with Gasteiger partial charge in [0.1, 0.15) is 0 Å². The molecule has 1 atom stereocenters. The molecule has 0 N–H and O–H groups in total. The van der Waals surface area contributed by atoms with Crippen LogP contribution < -0.4 is 0 Å². The molecule has 2 amide bonds. The van der Waals surface area contributed by atoms with Gasteiger partial charge in [0.05, 0.1) is 0 Å². The van der Waals surface area contributed by atoms with Crippen LogP contribution in [-0.4, -0.2) is 66.4 Å². The van der Waals surface area contributed by atoms with Gasteiger partial charge in [-0.05, 0) is 80.7 Å². The Morgan fingerprint density at radius 2 is 1.61 bits per heavy atom. The Kier molecular flexibility index (Phi) is 8.94. The molecule has 1 saturated carbocycles. The Bertz CT molecular complexity index is 1060. The van der Waals surface area contributed by atoms with Crippen molar-refractivity contribution in [3.8, 4) is 11.1 Å². The second-order valence-corrected chi connectivity index (χ2v) is 11.0. The summed E-state index contributed by atoms with van der Waals surface area (Å²) >= 11 is 13.3. The van der Waals surface area contributed by atoms with Crippen molar-refractivity contribution in [2.24, 2.45) is 5.92 Å². The summed E-state index contributed by atoms with van der Waals surface area (Å²) in [4.78, 5) is 29.5. The predicted molar refractivity (Wildman–Crippen MR) is 145 cm³/mol. The lowest BCUT2D eigenvalue weighted by Crippen LogP contribution is -2.39.